The lowest BCUT2D eigenvalue weighted by Gasteiger charge is -2.11. The molecule has 0 aliphatic carbocycles. The van der Waals surface area contributed by atoms with Crippen molar-refractivity contribution in [2.75, 3.05) is 6.61 Å². The van der Waals surface area contributed by atoms with Crippen LogP contribution in [0.2, 0.25) is 0 Å². The van der Waals surface area contributed by atoms with Crippen LogP contribution in [0.3, 0.4) is 0 Å². The highest BCUT2D eigenvalue weighted by atomic mass is 16.5. The summed E-state index contributed by atoms with van der Waals surface area (Å²) < 4.78 is 20.8. The minimum atomic E-state index is -0.626. The summed E-state index contributed by atoms with van der Waals surface area (Å²) in [6.07, 6.45) is 0.273. The van der Waals surface area contributed by atoms with Gasteiger partial charge in [0.2, 0.25) is 0 Å². The number of hydrogen-bond donors (Lipinski definition) is 0. The van der Waals surface area contributed by atoms with E-state index in [-0.39, 0.29) is 35.7 Å². The van der Waals surface area contributed by atoms with Crippen molar-refractivity contribution in [2.24, 2.45) is 0 Å². The Morgan fingerprint density at radius 1 is 0.690 bits per heavy atom. The molecule has 3 rings (SSSR count). The van der Waals surface area contributed by atoms with E-state index < -0.39 is 17.9 Å². The number of esters is 3. The Morgan fingerprint density at radius 3 is 1.57 bits per heavy atom. The van der Waals surface area contributed by atoms with Gasteiger partial charge in [-0.2, -0.15) is 0 Å². The van der Waals surface area contributed by atoms with Gasteiger partial charge in [0.1, 0.15) is 17.2 Å². The van der Waals surface area contributed by atoms with Gasteiger partial charge < -0.3 is 18.9 Å². The van der Waals surface area contributed by atoms with Crippen LogP contribution in [0.4, 0.5) is 0 Å². The molecule has 0 unspecified atom stereocenters. The zero-order valence-electron chi connectivity index (χ0n) is 24.2. The first kappa shape index (κ1) is 33.0. The minimum absolute atomic E-state index is 0.0323. The first-order chi connectivity index (χ1) is 19.9. The Kier molecular flexibility index (Phi) is 12.7. The fourth-order valence-electron chi connectivity index (χ4n) is 3.21. The highest BCUT2D eigenvalue weighted by Crippen LogP contribution is 2.26. The van der Waals surface area contributed by atoms with Crippen LogP contribution >= 0.6 is 0 Å². The van der Waals surface area contributed by atoms with Crippen molar-refractivity contribution < 1.29 is 38.1 Å². The van der Waals surface area contributed by atoms with E-state index in [1.54, 1.807) is 60.7 Å². The molecular weight excluding hydrogens is 536 g/mol. The molecule has 0 heterocycles. The van der Waals surface area contributed by atoms with Crippen LogP contribution in [-0.4, -0.2) is 31.0 Å². The SMILES string of the molecule is C=C(C)C.C=C(C)C(=O)Oc1cc(CCOC(=O)c2ccc(-c3ccc(OC=O)cc3)cc2)cc(OC(=O)C(=C)C)c1. The van der Waals surface area contributed by atoms with Crippen molar-refractivity contribution >= 4 is 24.4 Å². The normalized spacial score (nSPS) is 9.81. The third kappa shape index (κ3) is 11.1. The van der Waals surface area contributed by atoms with Crippen LogP contribution in [0.1, 0.15) is 43.6 Å². The van der Waals surface area contributed by atoms with Crippen LogP contribution in [0.5, 0.6) is 17.2 Å². The number of allylic oxidation sites excluding steroid dienone is 1. The van der Waals surface area contributed by atoms with Gasteiger partial charge in [0.15, 0.2) is 0 Å². The predicted molar refractivity (Wildman–Crippen MR) is 160 cm³/mol. The smallest absolute Gasteiger partial charge is 0.338 e. The molecule has 0 saturated heterocycles. The highest BCUT2D eigenvalue weighted by Gasteiger charge is 2.13. The van der Waals surface area contributed by atoms with Gasteiger partial charge in [-0.15, -0.1) is 6.58 Å². The van der Waals surface area contributed by atoms with Gasteiger partial charge in [-0.1, -0.05) is 43.0 Å². The monoisotopic (exact) mass is 570 g/mol. The summed E-state index contributed by atoms with van der Waals surface area (Å²) in [7, 11) is 0. The molecule has 0 fully saturated rings. The number of ether oxygens (including phenoxy) is 4. The topological polar surface area (TPSA) is 105 Å². The molecule has 0 aliphatic rings. The molecule has 0 N–H and O–H groups in total. The van der Waals surface area contributed by atoms with Crippen LogP contribution in [-0.2, 0) is 25.5 Å². The van der Waals surface area contributed by atoms with E-state index in [0.717, 1.165) is 11.1 Å². The molecule has 0 aliphatic heterocycles. The van der Waals surface area contributed by atoms with Gasteiger partial charge in [0.25, 0.3) is 6.47 Å². The van der Waals surface area contributed by atoms with E-state index in [0.29, 0.717) is 23.3 Å². The van der Waals surface area contributed by atoms with Crippen molar-refractivity contribution in [3.8, 4) is 28.4 Å². The zero-order valence-corrected chi connectivity index (χ0v) is 24.2. The van der Waals surface area contributed by atoms with Gasteiger partial charge in [-0.25, -0.2) is 14.4 Å². The third-order valence-electron chi connectivity index (χ3n) is 5.17. The molecular formula is C34H34O8. The van der Waals surface area contributed by atoms with Gasteiger partial charge >= 0.3 is 17.9 Å². The molecule has 42 heavy (non-hydrogen) atoms. The van der Waals surface area contributed by atoms with Crippen molar-refractivity contribution in [3.05, 3.63) is 114 Å². The summed E-state index contributed by atoms with van der Waals surface area (Å²) in [4.78, 5) is 46.9. The van der Waals surface area contributed by atoms with E-state index in [1.165, 1.54) is 25.5 Å². The second-order valence-electron chi connectivity index (χ2n) is 9.56. The summed E-state index contributed by atoms with van der Waals surface area (Å²) in [5.41, 5.74) is 4.33. The van der Waals surface area contributed by atoms with Crippen LogP contribution < -0.4 is 14.2 Å². The fraction of sp³-hybridized carbons (Fsp3) is 0.176. The van der Waals surface area contributed by atoms with E-state index in [9.17, 15) is 19.2 Å². The molecule has 8 nitrogen and oxygen atoms in total. The van der Waals surface area contributed by atoms with Crippen LogP contribution in [0.25, 0.3) is 11.1 Å². The molecule has 0 amide bonds. The maximum Gasteiger partial charge on any atom is 0.338 e. The summed E-state index contributed by atoms with van der Waals surface area (Å²) in [6.45, 7) is 18.0. The standard InChI is InChI=1S/C30H26O8.C4H8/c1-19(2)28(32)37-26-15-21(16-27(17-26)38-29(33)20(3)4)13-14-35-30(34)24-7-5-22(6-8-24)23-9-11-25(12-10-23)36-18-31;1-4(2)3/h5-12,15-18H,1,3,13-14H2,2,4H3;1H2,2-3H3. The zero-order chi connectivity index (χ0) is 31.2. The highest BCUT2D eigenvalue weighted by molar-refractivity contribution is 5.90. The minimum Gasteiger partial charge on any atom is -0.462 e. The largest absolute Gasteiger partial charge is 0.462 e. The lowest BCUT2D eigenvalue weighted by Crippen LogP contribution is -2.12. The van der Waals surface area contributed by atoms with Crippen molar-refractivity contribution in [3.63, 3.8) is 0 Å². The lowest BCUT2D eigenvalue weighted by molar-refractivity contribution is -0.130. The van der Waals surface area contributed by atoms with Crippen molar-refractivity contribution in [1.29, 1.82) is 0 Å². The number of benzene rings is 3. The maximum atomic E-state index is 12.5. The van der Waals surface area contributed by atoms with E-state index in [1.807, 2.05) is 13.8 Å². The first-order valence-electron chi connectivity index (χ1n) is 12.9. The Balaban J connectivity index is 0.00000144. The quantitative estimate of drug-likeness (QED) is 0.0812. The predicted octanol–water partition coefficient (Wildman–Crippen LogP) is 6.83. The first-order valence-corrected chi connectivity index (χ1v) is 12.9. The molecule has 0 atom stereocenters. The van der Waals surface area contributed by atoms with Gasteiger partial charge in [-0.05, 0) is 80.8 Å². The molecule has 8 heteroatoms. The van der Waals surface area contributed by atoms with Crippen molar-refractivity contribution in [2.45, 2.75) is 34.1 Å². The Labute approximate surface area is 245 Å². The summed E-state index contributed by atoms with van der Waals surface area (Å²) in [5, 5.41) is 0. The number of carbonyl (C=O) groups is 4. The van der Waals surface area contributed by atoms with E-state index in [4.69, 9.17) is 18.9 Å². The molecule has 218 valence electrons. The van der Waals surface area contributed by atoms with E-state index >= 15 is 0 Å². The summed E-state index contributed by atoms with van der Waals surface area (Å²) in [5.74, 6) is -1.01. The fourth-order valence-corrected chi connectivity index (χ4v) is 3.21. The average Bonchev–Trinajstić information content (AvgIpc) is 2.93. The second kappa shape index (κ2) is 16.1. The molecule has 3 aromatic carbocycles. The summed E-state index contributed by atoms with van der Waals surface area (Å²) >= 11 is 0. The number of carbonyl (C=O) groups excluding carboxylic acids is 4. The van der Waals surface area contributed by atoms with Gasteiger partial charge in [0.05, 0.1) is 12.2 Å². The van der Waals surface area contributed by atoms with Crippen LogP contribution in [0, 0.1) is 0 Å². The summed E-state index contributed by atoms with van der Waals surface area (Å²) in [6, 6.07) is 18.4. The van der Waals surface area contributed by atoms with E-state index in [2.05, 4.69) is 19.7 Å². The van der Waals surface area contributed by atoms with Gasteiger partial charge in [-0.3, -0.25) is 4.79 Å². The number of rotatable bonds is 11. The Hall–Kier alpha value is -5.24. The Bertz CT molecular complexity index is 1410. The molecule has 0 spiro atoms. The Morgan fingerprint density at radius 2 is 1.14 bits per heavy atom. The molecule has 0 bridgehead atoms. The number of hydrogen-bond acceptors (Lipinski definition) is 8. The second-order valence-corrected chi connectivity index (χ2v) is 9.56. The van der Waals surface area contributed by atoms with Crippen molar-refractivity contribution in [1.82, 2.24) is 0 Å². The average molecular weight is 571 g/mol. The molecule has 3 aromatic rings. The maximum absolute atomic E-state index is 12.5. The third-order valence-corrected chi connectivity index (χ3v) is 5.17. The van der Waals surface area contributed by atoms with Crippen LogP contribution in [0.15, 0.2) is 103 Å². The molecule has 0 saturated carbocycles. The molecule has 0 radical (unpaired) electrons. The van der Waals surface area contributed by atoms with Gasteiger partial charge in [0, 0.05) is 23.6 Å². The molecule has 0 aromatic heterocycles. The lowest BCUT2D eigenvalue weighted by atomic mass is 10.0.